The maximum absolute atomic E-state index is 4.63. The van der Waals surface area contributed by atoms with E-state index >= 15 is 0 Å². The number of rotatable bonds is 5. The van der Waals surface area contributed by atoms with Crippen molar-refractivity contribution < 1.29 is 0 Å². The number of nitrogens with one attached hydrogen (secondary N) is 2. The summed E-state index contributed by atoms with van der Waals surface area (Å²) in [5.41, 5.74) is 0. The van der Waals surface area contributed by atoms with Crippen LogP contribution < -0.4 is 10.6 Å². The van der Waals surface area contributed by atoms with Gasteiger partial charge in [-0.25, -0.2) is 4.98 Å². The van der Waals surface area contributed by atoms with Crippen molar-refractivity contribution in [2.75, 3.05) is 17.2 Å². The molecule has 0 atom stereocenters. The van der Waals surface area contributed by atoms with E-state index in [2.05, 4.69) is 40.5 Å². The Hall–Kier alpha value is -1.36. The van der Waals surface area contributed by atoms with Crippen LogP contribution in [0.3, 0.4) is 0 Å². The lowest BCUT2D eigenvalue weighted by Gasteiger charge is -2.27. The molecule has 2 aromatic heterocycles. The molecule has 0 spiro atoms. The van der Waals surface area contributed by atoms with Gasteiger partial charge in [0.2, 0.25) is 5.95 Å². The quantitative estimate of drug-likeness (QED) is 0.875. The third-order valence-corrected chi connectivity index (χ3v) is 4.75. The fraction of sp³-hybridized carbons (Fsp3) is 0.571. The van der Waals surface area contributed by atoms with E-state index in [4.69, 9.17) is 0 Å². The van der Waals surface area contributed by atoms with Gasteiger partial charge in [-0.05, 0) is 38.7 Å². The summed E-state index contributed by atoms with van der Waals surface area (Å²) in [5, 5.41) is 7.97. The summed E-state index contributed by atoms with van der Waals surface area (Å²) in [6, 6.07) is 2.83. The summed E-state index contributed by atoms with van der Waals surface area (Å²) >= 11 is 1.77. The molecule has 0 aromatic carbocycles. The molecule has 0 aliphatic heterocycles. The number of fused-ring (bicyclic) bond motifs is 1. The first kappa shape index (κ1) is 12.7. The van der Waals surface area contributed by atoms with Gasteiger partial charge in [-0.3, -0.25) is 0 Å². The van der Waals surface area contributed by atoms with Gasteiger partial charge < -0.3 is 10.6 Å². The van der Waals surface area contributed by atoms with E-state index < -0.39 is 0 Å². The molecule has 3 rings (SSSR count). The van der Waals surface area contributed by atoms with Gasteiger partial charge in [0.25, 0.3) is 0 Å². The zero-order valence-electron chi connectivity index (χ0n) is 11.5. The number of aromatic nitrogens is 2. The zero-order chi connectivity index (χ0) is 13.2. The molecule has 2 aromatic rings. The van der Waals surface area contributed by atoms with Crippen molar-refractivity contribution in [3.05, 3.63) is 10.9 Å². The van der Waals surface area contributed by atoms with E-state index in [-0.39, 0.29) is 0 Å². The fourth-order valence-corrected chi connectivity index (χ4v) is 3.21. The minimum atomic E-state index is 0.595. The van der Waals surface area contributed by atoms with Crippen LogP contribution in [0.4, 0.5) is 11.8 Å². The van der Waals surface area contributed by atoms with Crippen molar-refractivity contribution in [1.82, 2.24) is 9.97 Å². The number of hydrogen-bond acceptors (Lipinski definition) is 5. The van der Waals surface area contributed by atoms with Crippen LogP contribution in [-0.2, 0) is 6.42 Å². The summed E-state index contributed by atoms with van der Waals surface area (Å²) in [6.07, 6.45) is 4.90. The van der Waals surface area contributed by atoms with Crippen molar-refractivity contribution >= 4 is 33.3 Å². The zero-order valence-corrected chi connectivity index (χ0v) is 12.3. The Balaban J connectivity index is 2.00. The average molecular weight is 276 g/mol. The maximum Gasteiger partial charge on any atom is 0.226 e. The second-order valence-electron chi connectivity index (χ2n) is 4.98. The van der Waals surface area contributed by atoms with Crippen LogP contribution in [0.25, 0.3) is 10.2 Å². The number of anilines is 2. The molecule has 0 saturated heterocycles. The molecule has 0 amide bonds. The highest BCUT2D eigenvalue weighted by Gasteiger charge is 2.20. The molecule has 19 heavy (non-hydrogen) atoms. The predicted molar refractivity (Wildman–Crippen MR) is 82.2 cm³/mol. The molecule has 2 heterocycles. The van der Waals surface area contributed by atoms with E-state index in [0.29, 0.717) is 6.04 Å². The minimum Gasteiger partial charge on any atom is -0.367 e. The molecule has 1 aliphatic rings. The number of hydrogen-bond donors (Lipinski definition) is 2. The van der Waals surface area contributed by atoms with Crippen molar-refractivity contribution in [3.8, 4) is 0 Å². The van der Waals surface area contributed by atoms with Gasteiger partial charge >= 0.3 is 0 Å². The van der Waals surface area contributed by atoms with E-state index in [1.54, 1.807) is 11.3 Å². The predicted octanol–water partition coefficient (Wildman–Crippen LogP) is 3.65. The van der Waals surface area contributed by atoms with Crippen LogP contribution in [0.1, 0.15) is 38.0 Å². The summed E-state index contributed by atoms with van der Waals surface area (Å²) in [5.74, 6) is 1.74. The molecule has 1 aliphatic carbocycles. The van der Waals surface area contributed by atoms with Crippen LogP contribution in [0.15, 0.2) is 6.07 Å². The first-order chi connectivity index (χ1) is 9.30. The van der Waals surface area contributed by atoms with Crippen molar-refractivity contribution in [2.45, 2.75) is 45.6 Å². The Kier molecular flexibility index (Phi) is 3.55. The average Bonchev–Trinajstić information content (AvgIpc) is 2.77. The lowest BCUT2D eigenvalue weighted by molar-refractivity contribution is 0.445. The summed E-state index contributed by atoms with van der Waals surface area (Å²) < 4.78 is 0. The SMILES string of the molecule is CCNc1nc(NC2CCC2)c2cc(CC)sc2n1. The Bertz CT molecular complexity index is 574. The molecule has 0 unspecified atom stereocenters. The lowest BCUT2D eigenvalue weighted by Crippen LogP contribution is -2.27. The van der Waals surface area contributed by atoms with E-state index in [0.717, 1.165) is 29.6 Å². The summed E-state index contributed by atoms with van der Waals surface area (Å²) in [6.45, 7) is 5.10. The highest BCUT2D eigenvalue weighted by molar-refractivity contribution is 7.18. The second kappa shape index (κ2) is 5.33. The number of aryl methyl sites for hydroxylation is 1. The van der Waals surface area contributed by atoms with Crippen LogP contribution in [-0.4, -0.2) is 22.6 Å². The Morgan fingerprint density at radius 1 is 1.32 bits per heavy atom. The van der Waals surface area contributed by atoms with Crippen LogP contribution in [0.5, 0.6) is 0 Å². The fourth-order valence-electron chi connectivity index (χ4n) is 2.24. The van der Waals surface area contributed by atoms with E-state index in [9.17, 15) is 0 Å². The first-order valence-electron chi connectivity index (χ1n) is 7.11. The number of thiophene rings is 1. The molecule has 2 N–H and O–H groups in total. The molecule has 0 radical (unpaired) electrons. The molecule has 5 heteroatoms. The normalized spacial score (nSPS) is 15.5. The highest BCUT2D eigenvalue weighted by Crippen LogP contribution is 2.32. The number of nitrogens with zero attached hydrogens (tertiary/aromatic N) is 2. The monoisotopic (exact) mass is 276 g/mol. The maximum atomic E-state index is 4.63. The first-order valence-corrected chi connectivity index (χ1v) is 7.92. The second-order valence-corrected chi connectivity index (χ2v) is 6.10. The van der Waals surface area contributed by atoms with Gasteiger partial charge in [0.1, 0.15) is 10.6 Å². The molecule has 4 nitrogen and oxygen atoms in total. The highest BCUT2D eigenvalue weighted by atomic mass is 32.1. The van der Waals surface area contributed by atoms with Crippen molar-refractivity contribution in [1.29, 1.82) is 0 Å². The standard InChI is InChI=1S/C14H20N4S/c1-3-10-8-11-12(16-9-6-5-7-9)17-14(15-4-2)18-13(11)19-10/h8-9H,3-7H2,1-2H3,(H2,15,16,17,18). The molecular weight excluding hydrogens is 256 g/mol. The van der Waals surface area contributed by atoms with Gasteiger partial charge in [-0.1, -0.05) is 6.92 Å². The third kappa shape index (κ3) is 2.52. The van der Waals surface area contributed by atoms with Gasteiger partial charge in [0.15, 0.2) is 0 Å². The van der Waals surface area contributed by atoms with Gasteiger partial charge in [0, 0.05) is 17.5 Å². The molecule has 1 fully saturated rings. The van der Waals surface area contributed by atoms with Crippen LogP contribution in [0.2, 0.25) is 0 Å². The Labute approximate surface area is 117 Å². The Morgan fingerprint density at radius 3 is 2.79 bits per heavy atom. The van der Waals surface area contributed by atoms with E-state index in [1.807, 2.05) is 0 Å². The summed E-state index contributed by atoms with van der Waals surface area (Å²) in [4.78, 5) is 11.7. The summed E-state index contributed by atoms with van der Waals surface area (Å²) in [7, 11) is 0. The lowest BCUT2D eigenvalue weighted by atomic mass is 9.93. The molecule has 0 bridgehead atoms. The molecular formula is C14H20N4S. The molecule has 1 saturated carbocycles. The van der Waals surface area contributed by atoms with Gasteiger partial charge in [0.05, 0.1) is 5.39 Å². The molecule has 102 valence electrons. The van der Waals surface area contributed by atoms with E-state index in [1.165, 1.54) is 29.5 Å². The van der Waals surface area contributed by atoms with Crippen molar-refractivity contribution in [2.24, 2.45) is 0 Å². The van der Waals surface area contributed by atoms with Crippen molar-refractivity contribution in [3.63, 3.8) is 0 Å². The smallest absolute Gasteiger partial charge is 0.226 e. The van der Waals surface area contributed by atoms with Gasteiger partial charge in [-0.2, -0.15) is 4.98 Å². The van der Waals surface area contributed by atoms with Gasteiger partial charge in [-0.15, -0.1) is 11.3 Å². The van der Waals surface area contributed by atoms with Crippen LogP contribution >= 0.6 is 11.3 Å². The topological polar surface area (TPSA) is 49.8 Å². The third-order valence-electron chi connectivity index (χ3n) is 3.57. The largest absolute Gasteiger partial charge is 0.367 e. The van der Waals surface area contributed by atoms with Crippen LogP contribution in [0, 0.1) is 0 Å². The Morgan fingerprint density at radius 2 is 2.16 bits per heavy atom. The minimum absolute atomic E-state index is 0.595.